The van der Waals surface area contributed by atoms with Crippen molar-refractivity contribution >= 4 is 46.6 Å². The van der Waals surface area contributed by atoms with Gasteiger partial charge in [-0.15, -0.1) is 11.3 Å². The molecule has 148 valence electrons. The van der Waals surface area contributed by atoms with E-state index in [1.165, 1.54) is 17.7 Å². The van der Waals surface area contributed by atoms with Crippen LogP contribution in [0.2, 0.25) is 5.02 Å². The fraction of sp³-hybridized carbons (Fsp3) is 0.100. The lowest BCUT2D eigenvalue weighted by Crippen LogP contribution is -2.12. The molecule has 0 aliphatic heterocycles. The highest BCUT2D eigenvalue weighted by molar-refractivity contribution is 7.52. The molecule has 6 nitrogen and oxygen atoms in total. The van der Waals surface area contributed by atoms with Crippen molar-refractivity contribution in [3.8, 4) is 10.4 Å². The number of fused-ring (bicyclic) bond motifs is 1. The van der Waals surface area contributed by atoms with Crippen LogP contribution in [0.25, 0.3) is 20.7 Å². The van der Waals surface area contributed by atoms with Crippen molar-refractivity contribution in [1.82, 2.24) is 9.97 Å². The zero-order valence-electron chi connectivity index (χ0n) is 15.3. The first-order chi connectivity index (χ1) is 13.8. The minimum atomic E-state index is -4.49. The van der Waals surface area contributed by atoms with Gasteiger partial charge in [-0.25, -0.2) is 9.97 Å². The zero-order chi connectivity index (χ0) is 20.6. The molecule has 4 aromatic rings. The molecule has 0 bridgehead atoms. The summed E-state index contributed by atoms with van der Waals surface area (Å²) in [4.78, 5) is 30.0. The van der Waals surface area contributed by atoms with Gasteiger partial charge in [-0.3, -0.25) is 4.57 Å². The number of thiophene rings is 1. The normalized spacial score (nSPS) is 12.8. The maximum atomic E-state index is 12.1. The molecule has 4 rings (SSSR count). The molecule has 0 spiro atoms. The monoisotopic (exact) mass is 445 g/mol. The summed E-state index contributed by atoms with van der Waals surface area (Å²) < 4.78 is 12.1. The van der Waals surface area contributed by atoms with E-state index in [2.05, 4.69) is 15.3 Å². The molecule has 0 radical (unpaired) electrons. The maximum absolute atomic E-state index is 12.1. The quantitative estimate of drug-likeness (QED) is 0.346. The van der Waals surface area contributed by atoms with E-state index in [1.54, 1.807) is 30.3 Å². The van der Waals surface area contributed by atoms with Gasteiger partial charge < -0.3 is 15.1 Å². The molecule has 29 heavy (non-hydrogen) atoms. The summed E-state index contributed by atoms with van der Waals surface area (Å²) >= 11 is 7.72. The molecule has 2 heterocycles. The summed E-state index contributed by atoms with van der Waals surface area (Å²) in [7, 11) is -4.49. The molecule has 9 heteroatoms. The molecule has 0 saturated carbocycles. The largest absolute Gasteiger partial charge is 0.352 e. The van der Waals surface area contributed by atoms with Gasteiger partial charge in [0.15, 0.2) is 5.78 Å². The molecule has 0 aliphatic rings. The van der Waals surface area contributed by atoms with Crippen LogP contribution in [-0.2, 0) is 4.57 Å². The minimum Gasteiger partial charge on any atom is -0.352 e. The van der Waals surface area contributed by atoms with Gasteiger partial charge in [0.2, 0.25) is 0 Å². The first kappa shape index (κ1) is 20.0. The molecule has 0 aliphatic carbocycles. The zero-order valence-corrected chi connectivity index (χ0v) is 17.7. The fourth-order valence-corrected chi connectivity index (χ4v) is 5.01. The van der Waals surface area contributed by atoms with Gasteiger partial charge in [0.1, 0.15) is 17.0 Å². The number of rotatable bonds is 5. The number of aryl methyl sites for hydroxylation is 1. The Kier molecular flexibility index (Phi) is 5.42. The Labute approximate surface area is 176 Å². The Morgan fingerprint density at radius 1 is 1.10 bits per heavy atom. The van der Waals surface area contributed by atoms with E-state index in [4.69, 9.17) is 11.6 Å². The van der Waals surface area contributed by atoms with Crippen molar-refractivity contribution in [2.24, 2.45) is 0 Å². The Morgan fingerprint density at radius 3 is 2.55 bits per heavy atom. The number of hydrogen-bond donors (Lipinski definition) is 3. The van der Waals surface area contributed by atoms with Crippen molar-refractivity contribution in [2.75, 3.05) is 5.32 Å². The Balaban J connectivity index is 1.77. The van der Waals surface area contributed by atoms with Crippen molar-refractivity contribution < 1.29 is 14.4 Å². The van der Waals surface area contributed by atoms with E-state index in [1.807, 2.05) is 31.2 Å². The third-order valence-electron chi connectivity index (χ3n) is 4.51. The van der Waals surface area contributed by atoms with Crippen molar-refractivity contribution in [3.05, 3.63) is 77.1 Å². The summed E-state index contributed by atoms with van der Waals surface area (Å²) in [6.07, 6.45) is 1.38. The molecule has 2 aromatic carbocycles. The van der Waals surface area contributed by atoms with Gasteiger partial charge in [0.05, 0.1) is 5.39 Å². The molecular weight excluding hydrogens is 429 g/mol. The lowest BCUT2D eigenvalue weighted by molar-refractivity contribution is 0.363. The Hall–Kier alpha value is -2.28. The summed E-state index contributed by atoms with van der Waals surface area (Å²) in [6.45, 7) is 1.94. The maximum Gasteiger partial charge on any atom is 0.352 e. The van der Waals surface area contributed by atoms with Crippen LogP contribution in [0, 0.1) is 6.92 Å². The van der Waals surface area contributed by atoms with Gasteiger partial charge in [0, 0.05) is 9.90 Å². The predicted molar refractivity (Wildman–Crippen MR) is 117 cm³/mol. The van der Waals surface area contributed by atoms with Gasteiger partial charge in [-0.05, 0) is 35.7 Å². The standard InChI is InChI=1S/C20H17ClN3O3PS/c1-12-7-8-14(9-16(12)21)17-10-15-18(22-11-23-20(15)29-17)24-19(28(25,26)27)13-5-3-2-4-6-13/h2-11,19H,1H3,(H,22,23,24)(H2,25,26,27). The molecule has 1 unspecified atom stereocenters. The lowest BCUT2D eigenvalue weighted by atomic mass is 10.1. The van der Waals surface area contributed by atoms with Crippen LogP contribution in [0.4, 0.5) is 5.82 Å². The highest BCUT2D eigenvalue weighted by atomic mass is 35.5. The van der Waals surface area contributed by atoms with E-state index in [0.29, 0.717) is 26.6 Å². The van der Waals surface area contributed by atoms with Gasteiger partial charge in [-0.1, -0.05) is 54.1 Å². The van der Waals surface area contributed by atoms with Crippen LogP contribution in [0.3, 0.4) is 0 Å². The summed E-state index contributed by atoms with van der Waals surface area (Å²) in [5, 5.41) is 4.30. The third-order valence-corrected chi connectivity index (χ3v) is 7.11. The number of nitrogens with zero attached hydrogens (tertiary/aromatic N) is 2. The number of halogens is 1. The second-order valence-electron chi connectivity index (χ2n) is 6.56. The van der Waals surface area contributed by atoms with Crippen molar-refractivity contribution in [1.29, 1.82) is 0 Å². The summed E-state index contributed by atoms with van der Waals surface area (Å²) in [5.41, 5.74) is 2.42. The molecule has 2 aromatic heterocycles. The highest BCUT2D eigenvalue weighted by Gasteiger charge is 2.31. The average molecular weight is 446 g/mol. The summed E-state index contributed by atoms with van der Waals surface area (Å²) in [6, 6.07) is 16.3. The lowest BCUT2D eigenvalue weighted by Gasteiger charge is -2.21. The topological polar surface area (TPSA) is 95.3 Å². The third kappa shape index (κ3) is 4.20. The van der Waals surface area contributed by atoms with Crippen LogP contribution < -0.4 is 5.32 Å². The van der Waals surface area contributed by atoms with Gasteiger partial charge in [0.25, 0.3) is 0 Å². The van der Waals surface area contributed by atoms with Crippen LogP contribution in [0.15, 0.2) is 60.9 Å². The number of aromatic nitrogens is 2. The van der Waals surface area contributed by atoms with Crippen LogP contribution >= 0.6 is 30.5 Å². The first-order valence-corrected chi connectivity index (χ1v) is 11.6. The number of anilines is 1. The molecule has 0 amide bonds. The van der Waals surface area contributed by atoms with Crippen LogP contribution in [-0.4, -0.2) is 19.8 Å². The smallest absolute Gasteiger partial charge is 0.352 e. The Morgan fingerprint density at radius 2 is 1.86 bits per heavy atom. The fourth-order valence-electron chi connectivity index (χ4n) is 2.99. The number of benzene rings is 2. The highest BCUT2D eigenvalue weighted by Crippen LogP contribution is 2.52. The minimum absolute atomic E-state index is 0.368. The predicted octanol–water partition coefficient (Wildman–Crippen LogP) is 5.61. The van der Waals surface area contributed by atoms with Gasteiger partial charge in [-0.2, -0.15) is 0 Å². The molecule has 0 fully saturated rings. The number of nitrogens with one attached hydrogen (secondary N) is 1. The SMILES string of the molecule is Cc1ccc(-c2cc3c(NC(c4ccccc4)P(=O)(O)O)ncnc3s2)cc1Cl. The van der Waals surface area contributed by atoms with Crippen molar-refractivity contribution in [2.45, 2.75) is 12.7 Å². The molecule has 0 saturated heterocycles. The number of hydrogen-bond acceptors (Lipinski definition) is 5. The second-order valence-corrected chi connectivity index (χ2v) is 9.69. The van der Waals surface area contributed by atoms with Crippen molar-refractivity contribution in [3.63, 3.8) is 0 Å². The van der Waals surface area contributed by atoms with E-state index < -0.39 is 13.4 Å². The van der Waals surface area contributed by atoms with E-state index in [9.17, 15) is 14.4 Å². The molecular formula is C20H17ClN3O3PS. The van der Waals surface area contributed by atoms with E-state index in [0.717, 1.165) is 16.0 Å². The summed E-state index contributed by atoms with van der Waals surface area (Å²) in [5.74, 6) is -0.841. The second kappa shape index (κ2) is 7.86. The Bertz CT molecular complexity index is 1230. The van der Waals surface area contributed by atoms with Gasteiger partial charge >= 0.3 is 7.60 Å². The van der Waals surface area contributed by atoms with E-state index in [-0.39, 0.29) is 0 Å². The van der Waals surface area contributed by atoms with E-state index >= 15 is 0 Å². The van der Waals surface area contributed by atoms with Crippen LogP contribution in [0.5, 0.6) is 0 Å². The average Bonchev–Trinajstić information content (AvgIpc) is 3.13. The molecule has 1 atom stereocenters. The molecule has 3 N–H and O–H groups in total. The first-order valence-electron chi connectivity index (χ1n) is 8.71. The van der Waals surface area contributed by atoms with Crippen LogP contribution in [0.1, 0.15) is 16.9 Å².